The number of carbonyl (C=O) groups excluding carboxylic acids is 1. The quantitative estimate of drug-likeness (QED) is 0.559. The van der Waals surface area contributed by atoms with Gasteiger partial charge in [0.05, 0.1) is 0 Å². The summed E-state index contributed by atoms with van der Waals surface area (Å²) in [4.78, 5) is 14.9. The molecular weight excluding hydrogens is 297 g/mol. The molecule has 2 aromatic rings. The van der Waals surface area contributed by atoms with Crippen LogP contribution in [0.15, 0.2) is 59.5 Å². The van der Waals surface area contributed by atoms with Crippen molar-refractivity contribution in [2.75, 3.05) is 12.8 Å². The van der Waals surface area contributed by atoms with Crippen molar-refractivity contribution in [3.8, 4) is 0 Å². The smallest absolute Gasteiger partial charge is 0.222 e. The molecule has 116 valence electrons. The molecule has 0 unspecified atom stereocenters. The van der Waals surface area contributed by atoms with Crippen molar-refractivity contribution in [1.82, 2.24) is 4.90 Å². The molecule has 0 saturated carbocycles. The maximum Gasteiger partial charge on any atom is 0.222 e. The Bertz CT molecular complexity index is 603. The molecule has 2 aromatic carbocycles. The molecule has 4 heteroatoms. The van der Waals surface area contributed by atoms with Gasteiger partial charge in [-0.2, -0.15) is 0 Å². The van der Waals surface area contributed by atoms with Gasteiger partial charge in [-0.15, -0.1) is 11.8 Å². The van der Waals surface area contributed by atoms with E-state index in [9.17, 15) is 9.18 Å². The monoisotopic (exact) mass is 317 g/mol. The SMILES string of the molecule is CN(Cc1ccccc1F)C(=O)CCCSc1ccccc1. The van der Waals surface area contributed by atoms with Gasteiger partial charge in [-0.3, -0.25) is 4.79 Å². The highest BCUT2D eigenvalue weighted by atomic mass is 32.2. The number of carbonyl (C=O) groups is 1. The first kappa shape index (κ1) is 16.6. The first-order chi connectivity index (χ1) is 10.7. The van der Waals surface area contributed by atoms with Crippen molar-refractivity contribution >= 4 is 17.7 Å². The van der Waals surface area contributed by atoms with Gasteiger partial charge in [0.2, 0.25) is 5.91 Å². The molecule has 0 aromatic heterocycles. The third kappa shape index (κ3) is 5.19. The summed E-state index contributed by atoms with van der Waals surface area (Å²) < 4.78 is 13.6. The number of rotatable bonds is 7. The molecule has 1 amide bonds. The van der Waals surface area contributed by atoms with Crippen molar-refractivity contribution in [2.24, 2.45) is 0 Å². The lowest BCUT2D eigenvalue weighted by molar-refractivity contribution is -0.130. The predicted octanol–water partition coefficient (Wildman–Crippen LogP) is 4.36. The second kappa shape index (κ2) is 8.59. The zero-order valence-electron chi connectivity index (χ0n) is 12.7. The van der Waals surface area contributed by atoms with Crippen LogP contribution >= 0.6 is 11.8 Å². The molecule has 0 atom stereocenters. The van der Waals surface area contributed by atoms with E-state index in [0.717, 1.165) is 12.2 Å². The number of amides is 1. The Balaban J connectivity index is 1.71. The Morgan fingerprint density at radius 3 is 2.50 bits per heavy atom. The zero-order chi connectivity index (χ0) is 15.8. The van der Waals surface area contributed by atoms with Crippen LogP contribution in [0.1, 0.15) is 18.4 Å². The Labute approximate surface area is 135 Å². The van der Waals surface area contributed by atoms with Crippen LogP contribution in [0.2, 0.25) is 0 Å². The van der Waals surface area contributed by atoms with Crippen molar-refractivity contribution in [1.29, 1.82) is 0 Å². The fourth-order valence-corrected chi connectivity index (χ4v) is 2.97. The topological polar surface area (TPSA) is 20.3 Å². The van der Waals surface area contributed by atoms with Crippen molar-refractivity contribution in [3.63, 3.8) is 0 Å². The number of hydrogen-bond donors (Lipinski definition) is 0. The molecule has 22 heavy (non-hydrogen) atoms. The molecular formula is C18H20FNOS. The van der Waals surface area contributed by atoms with E-state index < -0.39 is 0 Å². The van der Waals surface area contributed by atoms with Crippen LogP contribution in [0.5, 0.6) is 0 Å². The molecule has 0 heterocycles. The zero-order valence-corrected chi connectivity index (χ0v) is 13.5. The maximum absolute atomic E-state index is 13.6. The standard InChI is InChI=1S/C18H20FNOS/c1-20(14-15-8-5-6-11-17(15)19)18(21)12-7-13-22-16-9-3-2-4-10-16/h2-6,8-11H,7,12-14H2,1H3. The third-order valence-electron chi connectivity index (χ3n) is 3.34. The van der Waals surface area contributed by atoms with Crippen LogP contribution in [0.4, 0.5) is 4.39 Å². The lowest BCUT2D eigenvalue weighted by atomic mass is 10.2. The summed E-state index contributed by atoms with van der Waals surface area (Å²) in [6.07, 6.45) is 1.31. The number of thioether (sulfide) groups is 1. The first-order valence-electron chi connectivity index (χ1n) is 7.32. The molecule has 0 fully saturated rings. The Kier molecular flexibility index (Phi) is 6.46. The second-order valence-corrected chi connectivity index (χ2v) is 6.27. The van der Waals surface area contributed by atoms with Crippen molar-refractivity contribution < 1.29 is 9.18 Å². The first-order valence-corrected chi connectivity index (χ1v) is 8.30. The molecule has 0 saturated heterocycles. The van der Waals surface area contributed by atoms with Crippen LogP contribution < -0.4 is 0 Å². The Morgan fingerprint density at radius 1 is 1.09 bits per heavy atom. The van der Waals surface area contributed by atoms with Crippen LogP contribution in [-0.4, -0.2) is 23.6 Å². The van der Waals surface area contributed by atoms with Gasteiger partial charge in [0, 0.05) is 30.5 Å². The maximum atomic E-state index is 13.6. The van der Waals surface area contributed by atoms with E-state index in [1.807, 2.05) is 18.2 Å². The van der Waals surface area contributed by atoms with Gasteiger partial charge in [-0.05, 0) is 30.4 Å². The average molecular weight is 317 g/mol. The van der Waals surface area contributed by atoms with Gasteiger partial charge < -0.3 is 4.90 Å². The fourth-order valence-electron chi connectivity index (χ4n) is 2.09. The van der Waals surface area contributed by atoms with Gasteiger partial charge in [0.25, 0.3) is 0 Å². The largest absolute Gasteiger partial charge is 0.341 e. The van der Waals surface area contributed by atoms with Gasteiger partial charge in [-0.25, -0.2) is 4.39 Å². The second-order valence-electron chi connectivity index (χ2n) is 5.11. The van der Waals surface area contributed by atoms with Gasteiger partial charge in [-0.1, -0.05) is 36.4 Å². The minimum atomic E-state index is -0.262. The normalized spacial score (nSPS) is 10.5. The molecule has 0 bridgehead atoms. The van der Waals surface area contributed by atoms with E-state index in [0.29, 0.717) is 18.5 Å². The minimum Gasteiger partial charge on any atom is -0.341 e. The van der Waals surface area contributed by atoms with Crippen molar-refractivity contribution in [2.45, 2.75) is 24.3 Å². The van der Waals surface area contributed by atoms with Crippen molar-refractivity contribution in [3.05, 3.63) is 66.0 Å². The van der Waals surface area contributed by atoms with Gasteiger partial charge >= 0.3 is 0 Å². The number of halogens is 1. The van der Waals surface area contributed by atoms with E-state index in [4.69, 9.17) is 0 Å². The summed E-state index contributed by atoms with van der Waals surface area (Å²) in [7, 11) is 1.72. The van der Waals surface area contributed by atoms with E-state index in [2.05, 4.69) is 12.1 Å². The highest BCUT2D eigenvalue weighted by molar-refractivity contribution is 7.99. The van der Waals surface area contributed by atoms with E-state index in [1.165, 1.54) is 11.0 Å². The minimum absolute atomic E-state index is 0.0527. The summed E-state index contributed by atoms with van der Waals surface area (Å²) in [5.74, 6) is 0.697. The Morgan fingerprint density at radius 2 is 1.77 bits per heavy atom. The molecule has 0 radical (unpaired) electrons. The van der Waals surface area contributed by atoms with Crippen LogP contribution in [0.25, 0.3) is 0 Å². The molecule has 0 N–H and O–H groups in total. The van der Waals surface area contributed by atoms with Crippen LogP contribution in [0.3, 0.4) is 0 Å². The highest BCUT2D eigenvalue weighted by Gasteiger charge is 2.11. The van der Waals surface area contributed by atoms with E-state index in [-0.39, 0.29) is 11.7 Å². The summed E-state index contributed by atoms with van der Waals surface area (Å²) in [6, 6.07) is 16.7. The number of benzene rings is 2. The molecule has 0 aliphatic heterocycles. The van der Waals surface area contributed by atoms with Crippen LogP contribution in [-0.2, 0) is 11.3 Å². The lowest BCUT2D eigenvalue weighted by Crippen LogP contribution is -2.26. The van der Waals surface area contributed by atoms with E-state index >= 15 is 0 Å². The Hall–Kier alpha value is -1.81. The summed E-state index contributed by atoms with van der Waals surface area (Å²) in [5, 5.41) is 0. The molecule has 2 rings (SSSR count). The lowest BCUT2D eigenvalue weighted by Gasteiger charge is -2.17. The van der Waals surface area contributed by atoms with E-state index in [1.54, 1.807) is 41.9 Å². The van der Waals surface area contributed by atoms with Gasteiger partial charge in [0.15, 0.2) is 0 Å². The number of hydrogen-bond acceptors (Lipinski definition) is 2. The predicted molar refractivity (Wildman–Crippen MR) is 89.3 cm³/mol. The molecule has 0 spiro atoms. The third-order valence-corrected chi connectivity index (χ3v) is 4.44. The molecule has 2 nitrogen and oxygen atoms in total. The van der Waals surface area contributed by atoms with Crippen LogP contribution in [0, 0.1) is 5.82 Å². The number of nitrogens with zero attached hydrogens (tertiary/aromatic N) is 1. The fraction of sp³-hybridized carbons (Fsp3) is 0.278. The summed E-state index contributed by atoms with van der Waals surface area (Å²) >= 11 is 1.75. The molecule has 0 aliphatic rings. The average Bonchev–Trinajstić information content (AvgIpc) is 2.54. The summed E-state index contributed by atoms with van der Waals surface area (Å²) in [5.41, 5.74) is 0.553. The van der Waals surface area contributed by atoms with Gasteiger partial charge in [0.1, 0.15) is 5.82 Å². The highest BCUT2D eigenvalue weighted by Crippen LogP contribution is 2.18. The summed E-state index contributed by atoms with van der Waals surface area (Å²) in [6.45, 7) is 0.317. The molecule has 0 aliphatic carbocycles.